The van der Waals surface area contributed by atoms with Gasteiger partial charge in [-0.15, -0.1) is 0 Å². The van der Waals surface area contributed by atoms with Gasteiger partial charge in [-0.3, -0.25) is 9.59 Å². The molecule has 0 spiro atoms. The monoisotopic (exact) mass is 395 g/mol. The molecule has 0 saturated heterocycles. The van der Waals surface area contributed by atoms with Crippen LogP contribution in [0.3, 0.4) is 0 Å². The Labute approximate surface area is 172 Å². The lowest BCUT2D eigenvalue weighted by molar-refractivity contribution is -0.148. The van der Waals surface area contributed by atoms with Gasteiger partial charge in [0.2, 0.25) is 5.91 Å². The number of carbonyl (C=O) groups is 2. The molecule has 0 aliphatic heterocycles. The molecule has 29 heavy (non-hydrogen) atoms. The Kier molecular flexibility index (Phi) is 7.28. The van der Waals surface area contributed by atoms with Crippen molar-refractivity contribution in [2.75, 3.05) is 6.54 Å². The summed E-state index contributed by atoms with van der Waals surface area (Å²) in [5.41, 5.74) is 3.34. The maximum atomic E-state index is 12.5. The van der Waals surface area contributed by atoms with Crippen molar-refractivity contribution < 1.29 is 19.4 Å². The van der Waals surface area contributed by atoms with Crippen molar-refractivity contribution in [2.24, 2.45) is 11.8 Å². The van der Waals surface area contributed by atoms with Gasteiger partial charge in [-0.2, -0.15) is 0 Å². The maximum absolute atomic E-state index is 12.5. The molecule has 2 atom stereocenters. The number of carboxylic acids is 1. The molecule has 2 aromatic rings. The van der Waals surface area contributed by atoms with Gasteiger partial charge in [-0.25, -0.2) is 0 Å². The van der Waals surface area contributed by atoms with E-state index in [-0.39, 0.29) is 5.91 Å². The fraction of sp³-hybridized carbons (Fsp3) is 0.417. The van der Waals surface area contributed by atoms with Crippen LogP contribution in [-0.2, 0) is 22.6 Å². The Morgan fingerprint density at radius 3 is 2.59 bits per heavy atom. The van der Waals surface area contributed by atoms with Crippen LogP contribution >= 0.6 is 0 Å². The molecule has 1 saturated carbocycles. The van der Waals surface area contributed by atoms with E-state index in [4.69, 9.17) is 4.74 Å². The van der Waals surface area contributed by atoms with Crippen LogP contribution in [0.25, 0.3) is 0 Å². The zero-order valence-electron chi connectivity index (χ0n) is 16.9. The second-order valence-electron chi connectivity index (χ2n) is 7.76. The molecule has 0 bridgehead atoms. The summed E-state index contributed by atoms with van der Waals surface area (Å²) in [7, 11) is 0. The standard InChI is InChI=1S/C24H29NO4/c1-17-7-6-8-18(15-17)16-29-22-12-5-2-9-19(22)13-14-25-23(26)20-10-3-4-11-21(20)24(27)28/h2,5-9,12,15,20-21H,3-4,10-11,13-14,16H2,1H3,(H,25,26)(H,27,28). The molecule has 0 aromatic heterocycles. The van der Waals surface area contributed by atoms with E-state index in [1.807, 2.05) is 36.4 Å². The van der Waals surface area contributed by atoms with Gasteiger partial charge in [0.05, 0.1) is 11.8 Å². The molecule has 154 valence electrons. The first-order valence-electron chi connectivity index (χ1n) is 10.3. The van der Waals surface area contributed by atoms with Crippen molar-refractivity contribution in [3.05, 3.63) is 65.2 Å². The largest absolute Gasteiger partial charge is 0.489 e. The van der Waals surface area contributed by atoms with E-state index >= 15 is 0 Å². The Morgan fingerprint density at radius 1 is 1.07 bits per heavy atom. The Hall–Kier alpha value is -2.82. The number of nitrogens with one attached hydrogen (secondary N) is 1. The molecule has 0 heterocycles. The molecule has 1 aliphatic rings. The van der Waals surface area contributed by atoms with Gasteiger partial charge in [0, 0.05) is 6.54 Å². The zero-order valence-corrected chi connectivity index (χ0v) is 16.9. The molecule has 1 aliphatic carbocycles. The van der Waals surface area contributed by atoms with Gasteiger partial charge in [-0.1, -0.05) is 60.9 Å². The van der Waals surface area contributed by atoms with E-state index in [0.29, 0.717) is 32.4 Å². The third kappa shape index (κ3) is 5.83. The maximum Gasteiger partial charge on any atom is 0.307 e. The molecule has 0 radical (unpaired) electrons. The first-order valence-corrected chi connectivity index (χ1v) is 10.3. The van der Waals surface area contributed by atoms with Gasteiger partial charge >= 0.3 is 5.97 Å². The summed E-state index contributed by atoms with van der Waals surface area (Å²) < 4.78 is 6.01. The van der Waals surface area contributed by atoms with Gasteiger partial charge in [-0.05, 0) is 43.4 Å². The predicted octanol–water partition coefficient (Wildman–Crippen LogP) is 4.12. The average molecular weight is 395 g/mol. The van der Waals surface area contributed by atoms with Gasteiger partial charge in [0.25, 0.3) is 0 Å². The number of aliphatic carboxylic acids is 1. The summed E-state index contributed by atoms with van der Waals surface area (Å²) in [5, 5.41) is 12.3. The number of carbonyl (C=O) groups excluding carboxylic acids is 1. The average Bonchev–Trinajstić information content (AvgIpc) is 2.73. The fourth-order valence-corrected chi connectivity index (χ4v) is 4.01. The molecule has 5 nitrogen and oxygen atoms in total. The highest BCUT2D eigenvalue weighted by Crippen LogP contribution is 2.30. The van der Waals surface area contributed by atoms with E-state index in [1.165, 1.54) is 5.56 Å². The lowest BCUT2D eigenvalue weighted by atomic mass is 9.78. The highest BCUT2D eigenvalue weighted by atomic mass is 16.5. The zero-order chi connectivity index (χ0) is 20.6. The van der Waals surface area contributed by atoms with Crippen LogP contribution in [0.5, 0.6) is 5.75 Å². The molecular weight excluding hydrogens is 366 g/mol. The van der Waals surface area contributed by atoms with Crippen LogP contribution in [0.15, 0.2) is 48.5 Å². The van der Waals surface area contributed by atoms with E-state index in [9.17, 15) is 14.7 Å². The first-order chi connectivity index (χ1) is 14.0. The molecular formula is C24H29NO4. The van der Waals surface area contributed by atoms with Crippen molar-refractivity contribution in [1.82, 2.24) is 5.32 Å². The first kappa shape index (κ1) is 20.9. The summed E-state index contributed by atoms with van der Waals surface area (Å²) in [5.74, 6) is -1.18. The topological polar surface area (TPSA) is 75.6 Å². The molecule has 2 unspecified atom stereocenters. The van der Waals surface area contributed by atoms with Crippen LogP contribution in [0, 0.1) is 18.8 Å². The lowest BCUT2D eigenvalue weighted by Crippen LogP contribution is -2.40. The molecule has 3 rings (SSSR count). The van der Waals surface area contributed by atoms with Crippen molar-refractivity contribution in [3.8, 4) is 5.75 Å². The number of rotatable bonds is 8. The molecule has 1 fully saturated rings. The SMILES string of the molecule is Cc1cccc(COc2ccccc2CCNC(=O)C2CCCCC2C(=O)O)c1. The van der Waals surface area contributed by atoms with Crippen molar-refractivity contribution in [1.29, 1.82) is 0 Å². The van der Waals surface area contributed by atoms with Gasteiger partial charge < -0.3 is 15.2 Å². The summed E-state index contributed by atoms with van der Waals surface area (Å²) in [6, 6.07) is 16.1. The molecule has 2 aromatic carbocycles. The minimum atomic E-state index is -0.861. The molecule has 5 heteroatoms. The summed E-state index contributed by atoms with van der Waals surface area (Å²) in [6.45, 7) is 3.02. The molecule has 1 amide bonds. The van der Waals surface area contributed by atoms with E-state index in [2.05, 4.69) is 24.4 Å². The number of ether oxygens (including phenoxy) is 1. The summed E-state index contributed by atoms with van der Waals surface area (Å²) in [4.78, 5) is 23.9. The number of aryl methyl sites for hydroxylation is 1. The Bertz CT molecular complexity index is 848. The third-order valence-electron chi connectivity index (χ3n) is 5.56. The summed E-state index contributed by atoms with van der Waals surface area (Å²) in [6.07, 6.45) is 3.67. The molecule has 2 N–H and O–H groups in total. The fourth-order valence-electron chi connectivity index (χ4n) is 4.01. The predicted molar refractivity (Wildman–Crippen MR) is 112 cm³/mol. The minimum Gasteiger partial charge on any atom is -0.489 e. The van der Waals surface area contributed by atoms with Crippen molar-refractivity contribution in [2.45, 2.75) is 45.6 Å². The van der Waals surface area contributed by atoms with Crippen LogP contribution in [-0.4, -0.2) is 23.5 Å². The number of hydrogen-bond acceptors (Lipinski definition) is 3. The van der Waals surface area contributed by atoms with Crippen LogP contribution in [0.1, 0.15) is 42.4 Å². The third-order valence-corrected chi connectivity index (χ3v) is 5.56. The summed E-state index contributed by atoms with van der Waals surface area (Å²) >= 11 is 0. The van der Waals surface area contributed by atoms with Crippen molar-refractivity contribution in [3.63, 3.8) is 0 Å². The number of para-hydroxylation sites is 1. The van der Waals surface area contributed by atoms with E-state index in [0.717, 1.165) is 29.7 Å². The van der Waals surface area contributed by atoms with Gasteiger partial charge in [0.15, 0.2) is 0 Å². The van der Waals surface area contributed by atoms with E-state index < -0.39 is 17.8 Å². The smallest absolute Gasteiger partial charge is 0.307 e. The second-order valence-corrected chi connectivity index (χ2v) is 7.76. The Morgan fingerprint density at radius 2 is 1.83 bits per heavy atom. The van der Waals surface area contributed by atoms with Crippen LogP contribution in [0.4, 0.5) is 0 Å². The van der Waals surface area contributed by atoms with Gasteiger partial charge in [0.1, 0.15) is 12.4 Å². The Balaban J connectivity index is 1.54. The van der Waals surface area contributed by atoms with E-state index in [1.54, 1.807) is 0 Å². The highest BCUT2D eigenvalue weighted by molar-refractivity contribution is 5.84. The second kappa shape index (κ2) is 10.1. The number of carboxylic acid groups (broad SMARTS) is 1. The lowest BCUT2D eigenvalue weighted by Gasteiger charge is -2.27. The van der Waals surface area contributed by atoms with Crippen molar-refractivity contribution >= 4 is 11.9 Å². The van der Waals surface area contributed by atoms with Crippen LogP contribution < -0.4 is 10.1 Å². The number of hydrogen-bond donors (Lipinski definition) is 2. The number of benzene rings is 2. The number of amides is 1. The normalized spacial score (nSPS) is 18.8. The minimum absolute atomic E-state index is 0.143. The van der Waals surface area contributed by atoms with Crippen LogP contribution in [0.2, 0.25) is 0 Å². The highest BCUT2D eigenvalue weighted by Gasteiger charge is 2.35. The quantitative estimate of drug-likeness (QED) is 0.705.